The second-order valence-electron chi connectivity index (χ2n) is 4.40. The van der Waals surface area contributed by atoms with Crippen LogP contribution in [0.3, 0.4) is 0 Å². The zero-order valence-electron chi connectivity index (χ0n) is 11.0. The SMILES string of the molecule is Cc1cc(Cl)nc(NC(=O)c2cc3c(cc2N)OCO3)n1. The predicted octanol–water partition coefficient (Wildman–Crippen LogP) is 2.00. The molecule has 1 aromatic carbocycles. The Morgan fingerprint density at radius 3 is 2.71 bits per heavy atom. The van der Waals surface area contributed by atoms with Crippen LogP contribution in [-0.2, 0) is 0 Å². The Hall–Kier alpha value is -2.54. The van der Waals surface area contributed by atoms with Gasteiger partial charge < -0.3 is 15.2 Å². The standard InChI is InChI=1S/C13H11ClN4O3/c1-6-2-11(14)17-13(16-6)18-12(19)7-3-9-10(4-8(7)15)21-5-20-9/h2-4H,5,15H2,1H3,(H,16,17,18,19). The third-order valence-electron chi connectivity index (χ3n) is 2.84. The van der Waals surface area contributed by atoms with Crippen LogP contribution < -0.4 is 20.5 Å². The summed E-state index contributed by atoms with van der Waals surface area (Å²) in [4.78, 5) is 20.3. The van der Waals surface area contributed by atoms with Crippen LogP contribution in [0, 0.1) is 6.92 Å². The summed E-state index contributed by atoms with van der Waals surface area (Å²) in [5, 5.41) is 2.80. The quantitative estimate of drug-likeness (QED) is 0.650. The highest BCUT2D eigenvalue weighted by atomic mass is 35.5. The van der Waals surface area contributed by atoms with Crippen molar-refractivity contribution in [2.24, 2.45) is 0 Å². The lowest BCUT2D eigenvalue weighted by Crippen LogP contribution is -2.16. The number of nitrogens with zero attached hydrogens (tertiary/aromatic N) is 2. The Balaban J connectivity index is 1.89. The van der Waals surface area contributed by atoms with E-state index in [1.165, 1.54) is 6.07 Å². The van der Waals surface area contributed by atoms with E-state index in [2.05, 4.69) is 15.3 Å². The van der Waals surface area contributed by atoms with E-state index in [0.29, 0.717) is 17.2 Å². The molecule has 0 saturated heterocycles. The van der Waals surface area contributed by atoms with Crippen LogP contribution in [0.25, 0.3) is 0 Å². The maximum Gasteiger partial charge on any atom is 0.260 e. The molecule has 0 saturated carbocycles. The number of fused-ring (bicyclic) bond motifs is 1. The van der Waals surface area contributed by atoms with Gasteiger partial charge in [0.15, 0.2) is 11.5 Å². The summed E-state index contributed by atoms with van der Waals surface area (Å²) >= 11 is 5.82. The molecule has 21 heavy (non-hydrogen) atoms. The van der Waals surface area contributed by atoms with E-state index >= 15 is 0 Å². The summed E-state index contributed by atoms with van der Waals surface area (Å²) in [5.74, 6) is 0.644. The van der Waals surface area contributed by atoms with Crippen LogP contribution in [0.15, 0.2) is 18.2 Å². The summed E-state index contributed by atoms with van der Waals surface area (Å²) in [5.41, 5.74) is 7.01. The van der Waals surface area contributed by atoms with Crippen molar-refractivity contribution in [3.63, 3.8) is 0 Å². The van der Waals surface area contributed by atoms with Gasteiger partial charge in [-0.25, -0.2) is 9.97 Å². The van der Waals surface area contributed by atoms with E-state index in [-0.39, 0.29) is 29.1 Å². The second kappa shape index (κ2) is 5.10. The third-order valence-corrected chi connectivity index (χ3v) is 3.03. The van der Waals surface area contributed by atoms with Gasteiger partial charge in [-0.05, 0) is 19.1 Å². The number of aryl methyl sites for hydroxylation is 1. The molecule has 0 aliphatic carbocycles. The van der Waals surface area contributed by atoms with E-state index in [1.54, 1.807) is 19.1 Å². The zero-order valence-corrected chi connectivity index (χ0v) is 11.8. The topological polar surface area (TPSA) is 99.4 Å². The van der Waals surface area contributed by atoms with E-state index in [0.717, 1.165) is 0 Å². The third kappa shape index (κ3) is 2.68. The number of nitrogens with two attached hydrogens (primary N) is 1. The van der Waals surface area contributed by atoms with E-state index < -0.39 is 5.91 Å². The fourth-order valence-corrected chi connectivity index (χ4v) is 2.15. The number of nitrogen functional groups attached to an aromatic ring is 1. The average molecular weight is 307 g/mol. The molecule has 8 heteroatoms. The minimum Gasteiger partial charge on any atom is -0.454 e. The summed E-state index contributed by atoms with van der Waals surface area (Å²) in [6.45, 7) is 1.86. The molecule has 1 amide bonds. The Morgan fingerprint density at radius 1 is 1.29 bits per heavy atom. The highest BCUT2D eigenvalue weighted by Crippen LogP contribution is 2.36. The van der Waals surface area contributed by atoms with Gasteiger partial charge in [-0.2, -0.15) is 0 Å². The number of rotatable bonds is 2. The second-order valence-corrected chi connectivity index (χ2v) is 4.79. The van der Waals surface area contributed by atoms with Gasteiger partial charge in [0.25, 0.3) is 5.91 Å². The monoisotopic (exact) mass is 306 g/mol. The first-order chi connectivity index (χ1) is 10.0. The van der Waals surface area contributed by atoms with Crippen LogP contribution in [0.2, 0.25) is 5.15 Å². The summed E-state index contributed by atoms with van der Waals surface area (Å²) in [7, 11) is 0. The van der Waals surface area contributed by atoms with Gasteiger partial charge in [0.1, 0.15) is 5.15 Å². The van der Waals surface area contributed by atoms with E-state index in [1.807, 2.05) is 0 Å². The average Bonchev–Trinajstić information content (AvgIpc) is 2.83. The normalized spacial score (nSPS) is 12.3. The number of aromatic nitrogens is 2. The van der Waals surface area contributed by atoms with Gasteiger partial charge in [-0.3, -0.25) is 10.1 Å². The van der Waals surface area contributed by atoms with Crippen LogP contribution >= 0.6 is 11.6 Å². The molecule has 1 aliphatic heterocycles. The number of anilines is 2. The molecule has 2 heterocycles. The molecular formula is C13H11ClN4O3. The van der Waals surface area contributed by atoms with Crippen LogP contribution in [0.4, 0.5) is 11.6 Å². The Bertz CT molecular complexity index is 715. The number of hydrogen-bond donors (Lipinski definition) is 2. The van der Waals surface area contributed by atoms with Crippen molar-refractivity contribution in [1.82, 2.24) is 9.97 Å². The van der Waals surface area contributed by atoms with Crippen molar-refractivity contribution in [2.45, 2.75) is 6.92 Å². The smallest absolute Gasteiger partial charge is 0.260 e. The lowest BCUT2D eigenvalue weighted by Gasteiger charge is -2.08. The van der Waals surface area contributed by atoms with Gasteiger partial charge in [0.05, 0.1) is 5.56 Å². The van der Waals surface area contributed by atoms with Crippen molar-refractivity contribution in [2.75, 3.05) is 17.8 Å². The van der Waals surface area contributed by atoms with Crippen LogP contribution in [0.5, 0.6) is 11.5 Å². The van der Waals surface area contributed by atoms with E-state index in [4.69, 9.17) is 26.8 Å². The highest BCUT2D eigenvalue weighted by Gasteiger charge is 2.20. The summed E-state index contributed by atoms with van der Waals surface area (Å²) in [6.07, 6.45) is 0. The molecule has 7 nitrogen and oxygen atoms in total. The van der Waals surface area contributed by atoms with Crippen molar-refractivity contribution >= 4 is 29.1 Å². The molecule has 0 spiro atoms. The molecule has 3 rings (SSSR count). The number of nitrogens with one attached hydrogen (secondary N) is 1. The van der Waals surface area contributed by atoms with Gasteiger partial charge >= 0.3 is 0 Å². The Morgan fingerprint density at radius 2 is 2.00 bits per heavy atom. The molecule has 0 radical (unpaired) electrons. The summed E-state index contributed by atoms with van der Waals surface area (Å²) in [6, 6.07) is 4.65. The van der Waals surface area contributed by atoms with E-state index in [9.17, 15) is 4.79 Å². The van der Waals surface area contributed by atoms with Crippen LogP contribution in [-0.4, -0.2) is 22.7 Å². The molecule has 0 bridgehead atoms. The van der Waals surface area contributed by atoms with Crippen molar-refractivity contribution in [3.8, 4) is 11.5 Å². The van der Waals surface area contributed by atoms with Crippen molar-refractivity contribution in [3.05, 3.63) is 34.6 Å². The van der Waals surface area contributed by atoms with Gasteiger partial charge in [-0.15, -0.1) is 0 Å². The minimum absolute atomic E-state index is 0.108. The lowest BCUT2D eigenvalue weighted by atomic mass is 10.1. The maximum atomic E-state index is 12.2. The number of amides is 1. The van der Waals surface area contributed by atoms with Gasteiger partial charge in [0.2, 0.25) is 12.7 Å². The predicted molar refractivity (Wildman–Crippen MR) is 76.7 cm³/mol. The Kier molecular flexibility index (Phi) is 3.26. The van der Waals surface area contributed by atoms with Gasteiger partial charge in [-0.1, -0.05) is 11.6 Å². The van der Waals surface area contributed by atoms with Crippen molar-refractivity contribution in [1.29, 1.82) is 0 Å². The molecule has 1 aliphatic rings. The maximum absolute atomic E-state index is 12.2. The first kappa shape index (κ1) is 13.4. The lowest BCUT2D eigenvalue weighted by molar-refractivity contribution is 0.102. The number of halogens is 1. The molecule has 0 fully saturated rings. The molecule has 0 unspecified atom stereocenters. The first-order valence-electron chi connectivity index (χ1n) is 6.04. The molecule has 2 aromatic rings. The minimum atomic E-state index is -0.451. The fraction of sp³-hybridized carbons (Fsp3) is 0.154. The summed E-state index contributed by atoms with van der Waals surface area (Å²) < 4.78 is 10.4. The molecule has 0 atom stereocenters. The largest absolute Gasteiger partial charge is 0.454 e. The number of ether oxygens (including phenoxy) is 2. The van der Waals surface area contributed by atoms with Crippen LogP contribution in [0.1, 0.15) is 16.1 Å². The number of carbonyl (C=O) groups is 1. The Labute approximate surface area is 125 Å². The number of benzene rings is 1. The zero-order chi connectivity index (χ0) is 15.0. The first-order valence-corrected chi connectivity index (χ1v) is 6.42. The fourth-order valence-electron chi connectivity index (χ4n) is 1.91. The number of hydrogen-bond acceptors (Lipinski definition) is 6. The molecule has 3 N–H and O–H groups in total. The van der Waals surface area contributed by atoms with Gasteiger partial charge in [0, 0.05) is 17.4 Å². The highest BCUT2D eigenvalue weighted by molar-refractivity contribution is 6.29. The van der Waals surface area contributed by atoms with Crippen molar-refractivity contribution < 1.29 is 14.3 Å². The number of carbonyl (C=O) groups excluding carboxylic acids is 1. The molecule has 108 valence electrons. The molecular weight excluding hydrogens is 296 g/mol. The molecule has 1 aromatic heterocycles.